The molecule has 1 aliphatic heterocycles. The van der Waals surface area contributed by atoms with E-state index >= 15 is 0 Å². The number of anilines is 2. The van der Waals surface area contributed by atoms with Gasteiger partial charge in [-0.25, -0.2) is 4.98 Å². The van der Waals surface area contributed by atoms with Crippen molar-refractivity contribution in [3.8, 4) is 0 Å². The molecule has 1 aliphatic rings. The Morgan fingerprint density at radius 1 is 1.38 bits per heavy atom. The number of aryl methyl sites for hydroxylation is 1. The summed E-state index contributed by atoms with van der Waals surface area (Å²) in [4.78, 5) is 31.1. The molecule has 1 aromatic carbocycles. The molecule has 1 saturated heterocycles. The molecule has 6 heteroatoms. The van der Waals surface area contributed by atoms with E-state index in [1.54, 1.807) is 11.1 Å². The van der Waals surface area contributed by atoms with Gasteiger partial charge in [-0.05, 0) is 19.1 Å². The molecule has 21 heavy (non-hydrogen) atoms. The SMILES string of the molecule is Cc1cnc(NC(=O)C2CC(=O)N(c3ccccc3)C2)s1. The molecule has 0 aliphatic carbocycles. The molecular weight excluding hydrogens is 286 g/mol. The number of hydrogen-bond donors (Lipinski definition) is 1. The molecule has 1 fully saturated rings. The Bertz CT molecular complexity index is 669. The van der Waals surface area contributed by atoms with Gasteiger partial charge >= 0.3 is 0 Å². The first-order valence-electron chi connectivity index (χ1n) is 6.72. The topological polar surface area (TPSA) is 62.3 Å². The molecule has 2 aromatic rings. The fourth-order valence-corrected chi connectivity index (χ4v) is 3.03. The van der Waals surface area contributed by atoms with Gasteiger partial charge in [0.15, 0.2) is 5.13 Å². The van der Waals surface area contributed by atoms with Gasteiger partial charge in [-0.1, -0.05) is 18.2 Å². The standard InChI is InChI=1S/C15H15N3O2S/c1-10-8-16-15(21-10)17-14(20)11-7-13(19)18(9-11)12-5-3-2-4-6-12/h2-6,8,11H,7,9H2,1H3,(H,16,17,20). The van der Waals surface area contributed by atoms with E-state index in [-0.39, 0.29) is 24.2 Å². The number of thiazole rings is 1. The highest BCUT2D eigenvalue weighted by Crippen LogP contribution is 2.26. The average Bonchev–Trinajstić information content (AvgIpc) is 3.06. The van der Waals surface area contributed by atoms with Crippen LogP contribution in [-0.4, -0.2) is 23.3 Å². The molecule has 108 valence electrons. The molecule has 0 radical (unpaired) electrons. The maximum absolute atomic E-state index is 12.2. The predicted octanol–water partition coefficient (Wildman–Crippen LogP) is 2.44. The van der Waals surface area contributed by atoms with E-state index in [4.69, 9.17) is 0 Å². The third kappa shape index (κ3) is 2.95. The van der Waals surface area contributed by atoms with Gasteiger partial charge in [0.05, 0.1) is 5.92 Å². The van der Waals surface area contributed by atoms with Crippen molar-refractivity contribution >= 4 is 34.0 Å². The largest absolute Gasteiger partial charge is 0.312 e. The highest BCUT2D eigenvalue weighted by atomic mass is 32.1. The molecule has 1 aromatic heterocycles. The molecule has 0 bridgehead atoms. The van der Waals surface area contributed by atoms with Crippen LogP contribution in [0.1, 0.15) is 11.3 Å². The molecule has 5 nitrogen and oxygen atoms in total. The summed E-state index contributed by atoms with van der Waals surface area (Å²) < 4.78 is 0. The zero-order chi connectivity index (χ0) is 14.8. The van der Waals surface area contributed by atoms with E-state index in [1.807, 2.05) is 37.3 Å². The molecule has 0 saturated carbocycles. The first-order valence-corrected chi connectivity index (χ1v) is 7.54. The molecule has 3 rings (SSSR count). The summed E-state index contributed by atoms with van der Waals surface area (Å²) in [6.45, 7) is 2.35. The van der Waals surface area contributed by atoms with Gasteiger partial charge < -0.3 is 10.2 Å². The molecule has 1 unspecified atom stereocenters. The monoisotopic (exact) mass is 301 g/mol. The lowest BCUT2D eigenvalue weighted by atomic mass is 10.1. The van der Waals surface area contributed by atoms with Crippen LogP contribution < -0.4 is 10.2 Å². The maximum Gasteiger partial charge on any atom is 0.231 e. The van der Waals surface area contributed by atoms with Gasteiger partial charge in [-0.15, -0.1) is 11.3 Å². The Morgan fingerprint density at radius 3 is 2.81 bits per heavy atom. The van der Waals surface area contributed by atoms with Gasteiger partial charge in [0.1, 0.15) is 0 Å². The molecule has 1 N–H and O–H groups in total. The van der Waals surface area contributed by atoms with Crippen molar-refractivity contribution in [3.05, 3.63) is 41.4 Å². The summed E-state index contributed by atoms with van der Waals surface area (Å²) in [6.07, 6.45) is 1.96. The third-order valence-electron chi connectivity index (χ3n) is 3.42. The second-order valence-electron chi connectivity index (χ2n) is 5.01. The highest BCUT2D eigenvalue weighted by molar-refractivity contribution is 7.15. The lowest BCUT2D eigenvalue weighted by Gasteiger charge is -2.16. The maximum atomic E-state index is 12.2. The van der Waals surface area contributed by atoms with Crippen LogP contribution in [-0.2, 0) is 9.59 Å². The van der Waals surface area contributed by atoms with Crippen molar-refractivity contribution in [2.75, 3.05) is 16.8 Å². The number of carbonyl (C=O) groups excluding carboxylic acids is 2. The van der Waals surface area contributed by atoms with Crippen molar-refractivity contribution in [3.63, 3.8) is 0 Å². The van der Waals surface area contributed by atoms with Crippen LogP contribution in [0, 0.1) is 12.8 Å². The molecule has 0 spiro atoms. The Labute approximate surface area is 126 Å². The number of rotatable bonds is 3. The number of nitrogens with zero attached hydrogens (tertiary/aromatic N) is 2. The molecular formula is C15H15N3O2S. The summed E-state index contributed by atoms with van der Waals surface area (Å²) in [5, 5.41) is 3.37. The van der Waals surface area contributed by atoms with Gasteiger partial charge in [0, 0.05) is 29.7 Å². The number of para-hydroxylation sites is 1. The lowest BCUT2D eigenvalue weighted by molar-refractivity contribution is -0.122. The number of hydrogen-bond acceptors (Lipinski definition) is 4. The lowest BCUT2D eigenvalue weighted by Crippen LogP contribution is -2.28. The van der Waals surface area contributed by atoms with Gasteiger partial charge in [-0.3, -0.25) is 9.59 Å². The number of amides is 2. The Morgan fingerprint density at radius 2 is 2.14 bits per heavy atom. The first-order chi connectivity index (χ1) is 10.1. The van der Waals surface area contributed by atoms with Crippen molar-refractivity contribution in [1.82, 2.24) is 4.98 Å². The quantitative estimate of drug-likeness (QED) is 0.947. The average molecular weight is 301 g/mol. The van der Waals surface area contributed by atoms with E-state index in [1.165, 1.54) is 11.3 Å². The molecule has 1 atom stereocenters. The van der Waals surface area contributed by atoms with E-state index in [0.717, 1.165) is 10.6 Å². The van der Waals surface area contributed by atoms with Gasteiger partial charge in [0.25, 0.3) is 0 Å². The van der Waals surface area contributed by atoms with Gasteiger partial charge in [-0.2, -0.15) is 0 Å². The van der Waals surface area contributed by atoms with E-state index in [9.17, 15) is 9.59 Å². The van der Waals surface area contributed by atoms with E-state index in [0.29, 0.717) is 11.7 Å². The minimum Gasteiger partial charge on any atom is -0.312 e. The van der Waals surface area contributed by atoms with E-state index in [2.05, 4.69) is 10.3 Å². The Balaban J connectivity index is 1.68. The molecule has 2 amide bonds. The van der Waals surface area contributed by atoms with Crippen molar-refractivity contribution in [2.45, 2.75) is 13.3 Å². The van der Waals surface area contributed by atoms with Crippen molar-refractivity contribution in [1.29, 1.82) is 0 Å². The second-order valence-corrected chi connectivity index (χ2v) is 6.24. The number of carbonyl (C=O) groups is 2. The van der Waals surface area contributed by atoms with Gasteiger partial charge in [0.2, 0.25) is 11.8 Å². The fraction of sp³-hybridized carbons (Fsp3) is 0.267. The van der Waals surface area contributed by atoms with Crippen LogP contribution in [0.15, 0.2) is 36.5 Å². The smallest absolute Gasteiger partial charge is 0.231 e. The van der Waals surface area contributed by atoms with Crippen LogP contribution in [0.2, 0.25) is 0 Å². The summed E-state index contributed by atoms with van der Waals surface area (Å²) in [7, 11) is 0. The number of benzene rings is 1. The van der Waals surface area contributed by atoms with Crippen LogP contribution in [0.25, 0.3) is 0 Å². The fourth-order valence-electron chi connectivity index (χ4n) is 2.36. The number of nitrogens with one attached hydrogen (secondary N) is 1. The van der Waals surface area contributed by atoms with Crippen LogP contribution >= 0.6 is 11.3 Å². The zero-order valence-corrected chi connectivity index (χ0v) is 12.4. The Hall–Kier alpha value is -2.21. The predicted molar refractivity (Wildman–Crippen MR) is 82.4 cm³/mol. The van der Waals surface area contributed by atoms with Crippen LogP contribution in [0.5, 0.6) is 0 Å². The minimum absolute atomic E-state index is 0.0170. The normalized spacial score (nSPS) is 18.0. The van der Waals surface area contributed by atoms with Crippen molar-refractivity contribution < 1.29 is 9.59 Å². The minimum atomic E-state index is -0.332. The molecule has 2 heterocycles. The zero-order valence-electron chi connectivity index (χ0n) is 11.6. The van der Waals surface area contributed by atoms with Crippen molar-refractivity contribution in [2.24, 2.45) is 5.92 Å². The van der Waals surface area contributed by atoms with Crippen LogP contribution in [0.4, 0.5) is 10.8 Å². The Kier molecular flexibility index (Phi) is 3.70. The van der Waals surface area contributed by atoms with E-state index < -0.39 is 0 Å². The summed E-state index contributed by atoms with van der Waals surface area (Å²) in [6, 6.07) is 9.42. The summed E-state index contributed by atoms with van der Waals surface area (Å²) in [5.41, 5.74) is 0.836. The highest BCUT2D eigenvalue weighted by Gasteiger charge is 2.35. The van der Waals surface area contributed by atoms with Crippen LogP contribution in [0.3, 0.4) is 0 Å². The first kappa shape index (κ1) is 13.8. The third-order valence-corrected chi connectivity index (χ3v) is 4.24. The summed E-state index contributed by atoms with van der Waals surface area (Å²) in [5.74, 6) is -0.491. The summed E-state index contributed by atoms with van der Waals surface area (Å²) >= 11 is 1.43. The second kappa shape index (κ2) is 5.65. The number of aromatic nitrogens is 1.